The molecule has 0 amide bonds. The van der Waals surface area contributed by atoms with Crippen molar-refractivity contribution in [3.8, 4) is 0 Å². The van der Waals surface area contributed by atoms with Crippen molar-refractivity contribution in [1.29, 1.82) is 0 Å². The lowest BCUT2D eigenvalue weighted by Gasteiger charge is -2.29. The summed E-state index contributed by atoms with van der Waals surface area (Å²) in [5, 5.41) is 12.6. The van der Waals surface area contributed by atoms with Crippen molar-refractivity contribution in [2.24, 2.45) is 5.92 Å². The lowest BCUT2D eigenvalue weighted by Crippen LogP contribution is -3.08. The molecule has 1 fully saturated rings. The van der Waals surface area contributed by atoms with Crippen LogP contribution in [0.5, 0.6) is 0 Å². The van der Waals surface area contributed by atoms with Gasteiger partial charge >= 0.3 is 0 Å². The zero-order valence-electron chi connectivity index (χ0n) is 18.0. The van der Waals surface area contributed by atoms with Crippen LogP contribution in [0.25, 0.3) is 0 Å². The van der Waals surface area contributed by atoms with E-state index in [4.69, 9.17) is 0 Å². The largest absolute Gasteiger partial charge is 0.634 e. The molecule has 0 saturated heterocycles. The fourth-order valence-electron chi connectivity index (χ4n) is 4.51. The summed E-state index contributed by atoms with van der Waals surface area (Å²) in [6.07, 6.45) is 27.6. The van der Waals surface area contributed by atoms with Crippen LogP contribution in [0.2, 0.25) is 0 Å². The minimum absolute atomic E-state index is 0.548. The number of hydrogen-bond donors (Lipinski definition) is 1. The van der Waals surface area contributed by atoms with Gasteiger partial charge in [0.05, 0.1) is 13.1 Å². The van der Waals surface area contributed by atoms with Gasteiger partial charge in [0.2, 0.25) is 0 Å². The predicted molar refractivity (Wildman–Crippen MR) is 116 cm³/mol. The highest BCUT2D eigenvalue weighted by Gasteiger charge is 2.15. The second-order valence-corrected chi connectivity index (χ2v) is 8.95. The molecule has 0 aliphatic heterocycles. The lowest BCUT2D eigenvalue weighted by molar-refractivity contribution is -0.852. The highest BCUT2D eigenvalue weighted by molar-refractivity contribution is 4.64. The van der Waals surface area contributed by atoms with Crippen molar-refractivity contribution in [2.45, 2.75) is 135 Å². The van der Waals surface area contributed by atoms with Crippen LogP contribution in [0.4, 0.5) is 0 Å². The standard InChI is InChI=1S/C24H49NO/c1-2-3-4-5-6-7-8-9-10-11-12-13-14-15-19-22-25(26)23-24-20-17-16-18-21-24/h24-25H,2-23H2,1H3. The maximum absolute atomic E-state index is 12.0. The molecule has 0 aromatic carbocycles. The highest BCUT2D eigenvalue weighted by Crippen LogP contribution is 2.22. The van der Waals surface area contributed by atoms with E-state index in [0.29, 0.717) is 5.06 Å². The van der Waals surface area contributed by atoms with Crippen LogP contribution in [0.1, 0.15) is 135 Å². The normalized spacial score (nSPS) is 16.8. The Bertz CT molecular complexity index is 275. The molecule has 0 bridgehead atoms. The van der Waals surface area contributed by atoms with Gasteiger partial charge in [-0.15, -0.1) is 0 Å². The molecule has 0 heterocycles. The zero-order chi connectivity index (χ0) is 18.7. The van der Waals surface area contributed by atoms with Crippen molar-refractivity contribution in [3.63, 3.8) is 0 Å². The van der Waals surface area contributed by atoms with Crippen LogP contribution >= 0.6 is 0 Å². The smallest absolute Gasteiger partial charge is 0.0796 e. The minimum atomic E-state index is 0.548. The number of nitrogens with one attached hydrogen (secondary N) is 1. The quantitative estimate of drug-likeness (QED) is 0.209. The zero-order valence-corrected chi connectivity index (χ0v) is 18.0. The molecule has 1 atom stereocenters. The van der Waals surface area contributed by atoms with Gasteiger partial charge in [-0.1, -0.05) is 110 Å². The number of quaternary nitrogens is 1. The molecule has 26 heavy (non-hydrogen) atoms. The van der Waals surface area contributed by atoms with Crippen LogP contribution in [0.15, 0.2) is 0 Å². The molecule has 1 rings (SSSR count). The average Bonchev–Trinajstić information content (AvgIpc) is 2.65. The van der Waals surface area contributed by atoms with E-state index in [1.807, 2.05) is 0 Å². The molecule has 1 N–H and O–H groups in total. The van der Waals surface area contributed by atoms with Crippen molar-refractivity contribution in [2.75, 3.05) is 13.1 Å². The van der Waals surface area contributed by atoms with Crippen LogP contribution in [-0.4, -0.2) is 13.1 Å². The molecule has 1 saturated carbocycles. The van der Waals surface area contributed by atoms with Crippen molar-refractivity contribution in [3.05, 3.63) is 5.21 Å². The van der Waals surface area contributed by atoms with Gasteiger partial charge in [-0.05, 0) is 25.7 Å². The van der Waals surface area contributed by atoms with E-state index in [9.17, 15) is 5.21 Å². The van der Waals surface area contributed by atoms with Crippen LogP contribution in [0, 0.1) is 11.1 Å². The molecule has 1 aliphatic rings. The number of hydrogen-bond acceptors (Lipinski definition) is 1. The maximum atomic E-state index is 12.0. The third kappa shape index (κ3) is 15.0. The summed E-state index contributed by atoms with van der Waals surface area (Å²) in [6, 6.07) is 0. The van der Waals surface area contributed by atoms with Gasteiger partial charge in [0.15, 0.2) is 0 Å². The van der Waals surface area contributed by atoms with Crippen molar-refractivity contribution in [1.82, 2.24) is 0 Å². The SMILES string of the molecule is CCCCCCCCCCCCCCCCC[NH+]([O-])CC1CCCCC1. The Morgan fingerprint density at radius 1 is 0.615 bits per heavy atom. The topological polar surface area (TPSA) is 27.5 Å². The van der Waals surface area contributed by atoms with E-state index in [1.54, 1.807) is 0 Å². The first-order valence-corrected chi connectivity index (χ1v) is 12.3. The summed E-state index contributed by atoms with van der Waals surface area (Å²) in [6.45, 7) is 4.03. The Morgan fingerprint density at radius 2 is 1.04 bits per heavy atom. The van der Waals surface area contributed by atoms with E-state index in [2.05, 4.69) is 6.92 Å². The van der Waals surface area contributed by atoms with Gasteiger partial charge in [0.1, 0.15) is 0 Å². The minimum Gasteiger partial charge on any atom is -0.634 e. The molecular weight excluding hydrogens is 318 g/mol. The van der Waals surface area contributed by atoms with Gasteiger partial charge in [-0.2, -0.15) is 0 Å². The number of hydroxylamine groups is 2. The molecule has 0 radical (unpaired) electrons. The van der Waals surface area contributed by atoms with Gasteiger partial charge in [0.25, 0.3) is 0 Å². The second kappa shape index (κ2) is 18.3. The monoisotopic (exact) mass is 367 g/mol. The molecule has 0 spiro atoms. The van der Waals surface area contributed by atoms with Crippen molar-refractivity contribution >= 4 is 0 Å². The predicted octanol–water partition coefficient (Wildman–Crippen LogP) is 6.82. The average molecular weight is 368 g/mol. The molecule has 1 aliphatic carbocycles. The molecular formula is C24H49NO. The lowest BCUT2D eigenvalue weighted by atomic mass is 9.89. The van der Waals surface area contributed by atoms with E-state index >= 15 is 0 Å². The molecule has 2 heteroatoms. The first kappa shape index (κ1) is 24.0. The Kier molecular flexibility index (Phi) is 16.9. The third-order valence-electron chi connectivity index (χ3n) is 6.30. The van der Waals surface area contributed by atoms with Crippen LogP contribution in [0.3, 0.4) is 0 Å². The van der Waals surface area contributed by atoms with Crippen LogP contribution < -0.4 is 5.06 Å². The molecule has 156 valence electrons. The van der Waals surface area contributed by atoms with E-state index in [-0.39, 0.29) is 0 Å². The van der Waals surface area contributed by atoms with Crippen LogP contribution in [-0.2, 0) is 0 Å². The fraction of sp³-hybridized carbons (Fsp3) is 1.00. The first-order chi connectivity index (χ1) is 12.8. The summed E-state index contributed by atoms with van der Waals surface area (Å²) in [7, 11) is 0. The van der Waals surface area contributed by atoms with E-state index < -0.39 is 0 Å². The second-order valence-electron chi connectivity index (χ2n) is 8.95. The summed E-state index contributed by atoms with van der Waals surface area (Å²) < 4.78 is 0. The Hall–Kier alpha value is -0.0800. The highest BCUT2D eigenvalue weighted by atomic mass is 16.5. The maximum Gasteiger partial charge on any atom is 0.0796 e. The summed E-state index contributed by atoms with van der Waals surface area (Å²) >= 11 is 0. The Morgan fingerprint density at radius 3 is 1.50 bits per heavy atom. The van der Waals surface area contributed by atoms with Gasteiger partial charge < -0.3 is 10.3 Å². The van der Waals surface area contributed by atoms with E-state index in [0.717, 1.165) is 25.4 Å². The van der Waals surface area contributed by atoms with E-state index in [1.165, 1.54) is 122 Å². The number of rotatable bonds is 18. The summed E-state index contributed by atoms with van der Waals surface area (Å²) in [5.74, 6) is 0.729. The fourth-order valence-corrected chi connectivity index (χ4v) is 4.51. The van der Waals surface area contributed by atoms with Gasteiger partial charge in [-0.3, -0.25) is 0 Å². The molecule has 0 aromatic heterocycles. The Labute approximate surface area is 165 Å². The van der Waals surface area contributed by atoms with Gasteiger partial charge in [-0.25, -0.2) is 0 Å². The molecule has 0 aromatic rings. The number of unbranched alkanes of at least 4 members (excludes halogenated alkanes) is 14. The summed E-state index contributed by atoms with van der Waals surface area (Å²) in [5.41, 5.74) is 0. The third-order valence-corrected chi connectivity index (χ3v) is 6.30. The Balaban J connectivity index is 1.72. The van der Waals surface area contributed by atoms with Gasteiger partial charge in [0, 0.05) is 5.92 Å². The van der Waals surface area contributed by atoms with Crippen molar-refractivity contribution < 1.29 is 5.06 Å². The molecule has 1 unspecified atom stereocenters. The molecule has 2 nitrogen and oxygen atoms in total. The summed E-state index contributed by atoms with van der Waals surface area (Å²) in [4.78, 5) is 0. The first-order valence-electron chi connectivity index (χ1n) is 12.3.